The van der Waals surface area contributed by atoms with Gasteiger partial charge in [0.15, 0.2) is 0 Å². The number of nitrogens with two attached hydrogens (primary N) is 1. The molecule has 0 unspecified atom stereocenters. The van der Waals surface area contributed by atoms with E-state index in [0.29, 0.717) is 5.54 Å². The highest BCUT2D eigenvalue weighted by Gasteiger charge is 2.46. The SMILES string of the molecule is CCCN1CCC(CN)(N2CCCC2(C)C)CC1. The van der Waals surface area contributed by atoms with Gasteiger partial charge >= 0.3 is 0 Å². The lowest BCUT2D eigenvalue weighted by Gasteiger charge is -2.52. The maximum atomic E-state index is 6.20. The van der Waals surface area contributed by atoms with Gasteiger partial charge in [0.05, 0.1) is 0 Å². The Balaban J connectivity index is 2.04. The highest BCUT2D eigenvalue weighted by molar-refractivity contribution is 5.04. The molecule has 0 radical (unpaired) electrons. The van der Waals surface area contributed by atoms with Crippen LogP contribution >= 0.6 is 0 Å². The van der Waals surface area contributed by atoms with Crippen molar-refractivity contribution in [2.24, 2.45) is 5.73 Å². The normalized spacial score (nSPS) is 28.7. The molecule has 3 nitrogen and oxygen atoms in total. The third kappa shape index (κ3) is 2.59. The molecule has 2 heterocycles. The largest absolute Gasteiger partial charge is 0.329 e. The van der Waals surface area contributed by atoms with Crippen LogP contribution in [0.4, 0.5) is 0 Å². The lowest BCUT2D eigenvalue weighted by molar-refractivity contribution is -0.0120. The van der Waals surface area contributed by atoms with Crippen LogP contribution in [0.5, 0.6) is 0 Å². The topological polar surface area (TPSA) is 32.5 Å². The van der Waals surface area contributed by atoms with Crippen LogP contribution in [0.1, 0.15) is 52.9 Å². The second-order valence-corrected chi connectivity index (χ2v) is 6.84. The first kappa shape index (κ1) is 14.3. The van der Waals surface area contributed by atoms with Crippen molar-refractivity contribution in [2.45, 2.75) is 64.0 Å². The zero-order valence-corrected chi connectivity index (χ0v) is 12.5. The third-order valence-electron chi connectivity index (χ3n) is 5.18. The van der Waals surface area contributed by atoms with Gasteiger partial charge in [-0.3, -0.25) is 4.90 Å². The molecule has 18 heavy (non-hydrogen) atoms. The first-order valence-electron chi connectivity index (χ1n) is 7.74. The van der Waals surface area contributed by atoms with Crippen molar-refractivity contribution in [2.75, 3.05) is 32.7 Å². The highest BCUT2D eigenvalue weighted by atomic mass is 15.3. The average molecular weight is 253 g/mol. The molecule has 0 aliphatic carbocycles. The minimum Gasteiger partial charge on any atom is -0.329 e. The van der Waals surface area contributed by atoms with Crippen LogP contribution in [-0.4, -0.2) is 53.6 Å². The molecule has 2 rings (SSSR count). The molecule has 0 bridgehead atoms. The molecule has 2 saturated heterocycles. The first-order valence-corrected chi connectivity index (χ1v) is 7.74. The van der Waals surface area contributed by atoms with E-state index in [1.165, 1.54) is 58.3 Å². The predicted octanol–water partition coefficient (Wildman–Crippen LogP) is 2.06. The molecule has 2 aliphatic heterocycles. The van der Waals surface area contributed by atoms with Crippen molar-refractivity contribution in [3.8, 4) is 0 Å². The monoisotopic (exact) mass is 253 g/mol. The van der Waals surface area contributed by atoms with Gasteiger partial charge in [0.1, 0.15) is 0 Å². The lowest BCUT2D eigenvalue weighted by Crippen LogP contribution is -2.63. The van der Waals surface area contributed by atoms with E-state index in [2.05, 4.69) is 30.6 Å². The first-order chi connectivity index (χ1) is 8.54. The van der Waals surface area contributed by atoms with E-state index < -0.39 is 0 Å². The molecule has 2 aliphatic rings. The van der Waals surface area contributed by atoms with Crippen molar-refractivity contribution >= 4 is 0 Å². The number of rotatable bonds is 4. The smallest absolute Gasteiger partial charge is 0.0361 e. The number of piperidine rings is 1. The van der Waals surface area contributed by atoms with Crippen LogP contribution in [-0.2, 0) is 0 Å². The van der Waals surface area contributed by atoms with Gasteiger partial charge in [-0.2, -0.15) is 0 Å². The number of likely N-dealkylation sites (tertiary alicyclic amines) is 2. The van der Waals surface area contributed by atoms with E-state index in [1.807, 2.05) is 0 Å². The van der Waals surface area contributed by atoms with Crippen LogP contribution in [0.25, 0.3) is 0 Å². The molecule has 0 aromatic carbocycles. The van der Waals surface area contributed by atoms with E-state index in [0.717, 1.165) is 6.54 Å². The van der Waals surface area contributed by atoms with Gasteiger partial charge in [0, 0.05) is 17.6 Å². The Labute approximate surface area is 113 Å². The van der Waals surface area contributed by atoms with Crippen LogP contribution in [0.3, 0.4) is 0 Å². The summed E-state index contributed by atoms with van der Waals surface area (Å²) in [6, 6.07) is 0. The Bertz CT molecular complexity index is 267. The molecule has 0 aromatic heterocycles. The maximum absolute atomic E-state index is 6.20. The van der Waals surface area contributed by atoms with Crippen molar-refractivity contribution in [1.29, 1.82) is 0 Å². The van der Waals surface area contributed by atoms with Crippen molar-refractivity contribution in [3.63, 3.8) is 0 Å². The van der Waals surface area contributed by atoms with Crippen molar-refractivity contribution in [1.82, 2.24) is 9.80 Å². The summed E-state index contributed by atoms with van der Waals surface area (Å²) in [5, 5.41) is 0. The van der Waals surface area contributed by atoms with Gasteiger partial charge in [-0.15, -0.1) is 0 Å². The number of hydrogen-bond donors (Lipinski definition) is 1. The quantitative estimate of drug-likeness (QED) is 0.832. The van der Waals surface area contributed by atoms with Gasteiger partial charge in [-0.1, -0.05) is 6.92 Å². The Hall–Kier alpha value is -0.120. The maximum Gasteiger partial charge on any atom is 0.0361 e. The summed E-state index contributed by atoms with van der Waals surface area (Å²) in [6.07, 6.45) is 6.45. The zero-order valence-electron chi connectivity index (χ0n) is 12.5. The summed E-state index contributed by atoms with van der Waals surface area (Å²) < 4.78 is 0. The Kier molecular flexibility index (Phi) is 4.35. The fourth-order valence-electron chi connectivity index (χ4n) is 4.08. The summed E-state index contributed by atoms with van der Waals surface area (Å²) in [5.41, 5.74) is 6.83. The van der Waals surface area contributed by atoms with E-state index in [4.69, 9.17) is 5.73 Å². The second-order valence-electron chi connectivity index (χ2n) is 6.84. The molecule has 3 heteroatoms. The molecule has 0 spiro atoms. The summed E-state index contributed by atoms with van der Waals surface area (Å²) in [7, 11) is 0. The van der Waals surface area contributed by atoms with Crippen LogP contribution in [0, 0.1) is 0 Å². The van der Waals surface area contributed by atoms with Crippen molar-refractivity contribution < 1.29 is 0 Å². The van der Waals surface area contributed by atoms with Crippen LogP contribution in [0.15, 0.2) is 0 Å². The molecule has 2 N–H and O–H groups in total. The van der Waals surface area contributed by atoms with Gasteiger partial charge in [-0.05, 0) is 72.1 Å². The minimum absolute atomic E-state index is 0.282. The summed E-state index contributed by atoms with van der Waals surface area (Å²) >= 11 is 0. The molecular formula is C15H31N3. The second kappa shape index (κ2) is 5.48. The number of hydrogen-bond acceptors (Lipinski definition) is 3. The molecule has 0 aromatic rings. The van der Waals surface area contributed by atoms with E-state index in [9.17, 15) is 0 Å². The Morgan fingerprint density at radius 3 is 2.17 bits per heavy atom. The molecule has 106 valence electrons. The third-order valence-corrected chi connectivity index (χ3v) is 5.18. The fraction of sp³-hybridized carbons (Fsp3) is 1.00. The van der Waals surface area contributed by atoms with Crippen molar-refractivity contribution in [3.05, 3.63) is 0 Å². The molecule has 0 atom stereocenters. The molecule has 0 saturated carbocycles. The molecular weight excluding hydrogens is 222 g/mol. The minimum atomic E-state index is 0.282. The average Bonchev–Trinajstić information content (AvgIpc) is 2.71. The predicted molar refractivity (Wildman–Crippen MR) is 77.8 cm³/mol. The Morgan fingerprint density at radius 2 is 1.72 bits per heavy atom. The summed E-state index contributed by atoms with van der Waals surface area (Å²) in [6.45, 7) is 12.9. The number of nitrogens with zero attached hydrogens (tertiary/aromatic N) is 2. The van der Waals surface area contributed by atoms with E-state index >= 15 is 0 Å². The van der Waals surface area contributed by atoms with Gasteiger partial charge in [0.25, 0.3) is 0 Å². The Morgan fingerprint density at radius 1 is 1.06 bits per heavy atom. The standard InChI is InChI=1S/C15H31N3/c1-4-9-17-11-7-15(13-16,8-12-17)18-10-5-6-14(18,2)3/h4-13,16H2,1-3H3. The summed E-state index contributed by atoms with van der Waals surface area (Å²) in [5.74, 6) is 0. The molecule has 0 amide bonds. The highest BCUT2D eigenvalue weighted by Crippen LogP contribution is 2.39. The van der Waals surface area contributed by atoms with E-state index in [-0.39, 0.29) is 5.54 Å². The van der Waals surface area contributed by atoms with Gasteiger partial charge in [-0.25, -0.2) is 0 Å². The van der Waals surface area contributed by atoms with Crippen LogP contribution in [0.2, 0.25) is 0 Å². The van der Waals surface area contributed by atoms with Crippen LogP contribution < -0.4 is 5.73 Å². The molecule has 2 fully saturated rings. The van der Waals surface area contributed by atoms with Gasteiger partial charge in [0.2, 0.25) is 0 Å². The van der Waals surface area contributed by atoms with Gasteiger partial charge < -0.3 is 10.6 Å². The lowest BCUT2D eigenvalue weighted by atomic mass is 9.83. The van der Waals surface area contributed by atoms with E-state index in [1.54, 1.807) is 0 Å². The fourth-order valence-corrected chi connectivity index (χ4v) is 4.08. The zero-order chi connectivity index (χ0) is 13.2. The summed E-state index contributed by atoms with van der Waals surface area (Å²) in [4.78, 5) is 5.35.